The van der Waals surface area contributed by atoms with E-state index in [-0.39, 0.29) is 16.4 Å². The lowest BCUT2D eigenvalue weighted by Crippen LogP contribution is -1.97. The molecule has 0 aromatic carbocycles. The second kappa shape index (κ2) is 3.75. The highest BCUT2D eigenvalue weighted by molar-refractivity contribution is 6.29. The second-order valence-electron chi connectivity index (χ2n) is 2.02. The third-order valence-corrected chi connectivity index (χ3v) is 1.44. The molecule has 6 nitrogen and oxygen atoms in total. The number of hydrogen-bond donors (Lipinski definition) is 1. The summed E-state index contributed by atoms with van der Waals surface area (Å²) in [6.45, 7) is 0. The van der Waals surface area contributed by atoms with Gasteiger partial charge in [-0.3, -0.25) is 0 Å². The van der Waals surface area contributed by atoms with Gasteiger partial charge in [-0.05, 0) is 11.6 Å². The minimum atomic E-state index is -1.22. The number of carboxylic acid groups (broad SMARTS) is 1. The number of aromatic nitrogens is 1. The zero-order valence-corrected chi connectivity index (χ0v) is 6.93. The van der Waals surface area contributed by atoms with Gasteiger partial charge in [0, 0.05) is 11.1 Å². The maximum atomic E-state index is 10.5. The zero-order chi connectivity index (χ0) is 9.84. The molecule has 0 atom stereocenters. The van der Waals surface area contributed by atoms with Crippen molar-refractivity contribution < 1.29 is 9.90 Å². The first-order valence-electron chi connectivity index (χ1n) is 3.09. The fraction of sp³-hybridized carbons (Fsp3) is 0. The predicted octanol–water partition coefficient (Wildman–Crippen LogP) is 2.38. The summed E-state index contributed by atoms with van der Waals surface area (Å²) in [6, 6.07) is 1.19. The van der Waals surface area contributed by atoms with Gasteiger partial charge in [0.05, 0.1) is 11.3 Å². The number of carbonyl (C=O) groups is 1. The lowest BCUT2D eigenvalue weighted by molar-refractivity contribution is 0.0697. The highest BCUT2D eigenvalue weighted by Gasteiger charge is 2.09. The molecule has 0 amide bonds. The molecular formula is C6H3ClN4O2. The van der Waals surface area contributed by atoms with Crippen LogP contribution in [0.15, 0.2) is 17.4 Å². The number of rotatable bonds is 2. The van der Waals surface area contributed by atoms with E-state index in [1.54, 1.807) is 0 Å². The van der Waals surface area contributed by atoms with Crippen LogP contribution in [0.2, 0.25) is 5.15 Å². The van der Waals surface area contributed by atoms with E-state index in [1.807, 2.05) is 0 Å². The minimum Gasteiger partial charge on any atom is -0.478 e. The van der Waals surface area contributed by atoms with Crippen molar-refractivity contribution in [3.8, 4) is 0 Å². The lowest BCUT2D eigenvalue weighted by Gasteiger charge is -1.98. The van der Waals surface area contributed by atoms with E-state index in [0.29, 0.717) is 0 Å². The van der Waals surface area contributed by atoms with Crippen molar-refractivity contribution in [2.24, 2.45) is 5.11 Å². The van der Waals surface area contributed by atoms with Gasteiger partial charge in [0.25, 0.3) is 0 Å². The van der Waals surface area contributed by atoms with Crippen LogP contribution in [0.1, 0.15) is 10.4 Å². The van der Waals surface area contributed by atoms with Gasteiger partial charge in [-0.15, -0.1) is 0 Å². The van der Waals surface area contributed by atoms with Gasteiger partial charge in [-0.25, -0.2) is 9.78 Å². The molecular weight excluding hydrogens is 196 g/mol. The number of pyridine rings is 1. The molecule has 0 aliphatic heterocycles. The SMILES string of the molecule is [N-]=[N+]=Nc1cc(Cl)ncc1C(=O)O. The molecule has 1 heterocycles. The van der Waals surface area contributed by atoms with Crippen molar-refractivity contribution in [2.75, 3.05) is 0 Å². The van der Waals surface area contributed by atoms with Crippen molar-refractivity contribution in [3.05, 3.63) is 33.4 Å². The largest absolute Gasteiger partial charge is 0.478 e. The van der Waals surface area contributed by atoms with Crippen LogP contribution in [-0.4, -0.2) is 16.1 Å². The van der Waals surface area contributed by atoms with Crippen molar-refractivity contribution in [1.29, 1.82) is 0 Å². The van der Waals surface area contributed by atoms with Crippen LogP contribution < -0.4 is 0 Å². The van der Waals surface area contributed by atoms with Crippen LogP contribution >= 0.6 is 11.6 Å². The van der Waals surface area contributed by atoms with E-state index in [4.69, 9.17) is 22.2 Å². The Balaban J connectivity index is 3.34. The molecule has 0 bridgehead atoms. The molecule has 0 saturated carbocycles. The Bertz CT molecular complexity index is 400. The highest BCUT2D eigenvalue weighted by atomic mass is 35.5. The third kappa shape index (κ3) is 2.08. The normalized spacial score (nSPS) is 9.00. The molecule has 1 aromatic rings. The van der Waals surface area contributed by atoms with Crippen LogP contribution in [0.5, 0.6) is 0 Å². The first-order chi connectivity index (χ1) is 6.15. The number of halogens is 1. The number of carboxylic acids is 1. The Hall–Kier alpha value is -1.78. The molecule has 66 valence electrons. The molecule has 0 saturated heterocycles. The highest BCUT2D eigenvalue weighted by Crippen LogP contribution is 2.21. The second-order valence-corrected chi connectivity index (χ2v) is 2.41. The Morgan fingerprint density at radius 1 is 1.77 bits per heavy atom. The number of nitrogens with zero attached hydrogens (tertiary/aromatic N) is 4. The molecule has 1 aromatic heterocycles. The van der Waals surface area contributed by atoms with Gasteiger partial charge >= 0.3 is 5.97 Å². The van der Waals surface area contributed by atoms with Crippen LogP contribution in [0.25, 0.3) is 10.4 Å². The Morgan fingerprint density at radius 2 is 2.46 bits per heavy atom. The maximum absolute atomic E-state index is 10.5. The van der Waals surface area contributed by atoms with Gasteiger partial charge in [-0.2, -0.15) is 0 Å². The van der Waals surface area contributed by atoms with E-state index in [0.717, 1.165) is 6.20 Å². The third-order valence-electron chi connectivity index (χ3n) is 1.23. The topological polar surface area (TPSA) is 99.0 Å². The number of aromatic carboxylic acids is 1. The summed E-state index contributed by atoms with van der Waals surface area (Å²) in [4.78, 5) is 16.6. The summed E-state index contributed by atoms with van der Waals surface area (Å²) < 4.78 is 0. The first kappa shape index (κ1) is 9.31. The smallest absolute Gasteiger partial charge is 0.337 e. The fourth-order valence-corrected chi connectivity index (χ4v) is 0.868. The van der Waals surface area contributed by atoms with Crippen molar-refractivity contribution in [1.82, 2.24) is 4.98 Å². The minimum absolute atomic E-state index is 0.0463. The molecule has 7 heteroatoms. The van der Waals surface area contributed by atoms with E-state index >= 15 is 0 Å². The molecule has 0 unspecified atom stereocenters. The van der Waals surface area contributed by atoms with Crippen LogP contribution in [0, 0.1) is 0 Å². The van der Waals surface area contributed by atoms with Gasteiger partial charge in [0.15, 0.2) is 0 Å². The standard InChI is InChI=1S/C6H3ClN4O2/c7-5-1-4(10-11-8)3(2-9-5)6(12)13/h1-2H,(H,12,13). The molecule has 0 radical (unpaired) electrons. The monoisotopic (exact) mass is 198 g/mol. The molecule has 0 aliphatic rings. The van der Waals surface area contributed by atoms with Gasteiger partial charge < -0.3 is 5.11 Å². The van der Waals surface area contributed by atoms with Crippen LogP contribution in [-0.2, 0) is 0 Å². The van der Waals surface area contributed by atoms with E-state index < -0.39 is 5.97 Å². The Morgan fingerprint density at radius 3 is 3.00 bits per heavy atom. The molecule has 1 rings (SSSR count). The molecule has 0 spiro atoms. The van der Waals surface area contributed by atoms with E-state index in [9.17, 15) is 4.79 Å². The summed E-state index contributed by atoms with van der Waals surface area (Å²) >= 11 is 5.47. The van der Waals surface area contributed by atoms with Crippen molar-refractivity contribution in [2.45, 2.75) is 0 Å². The number of azide groups is 1. The molecule has 0 fully saturated rings. The van der Waals surface area contributed by atoms with Gasteiger partial charge in [0.2, 0.25) is 0 Å². The van der Waals surface area contributed by atoms with Crippen molar-refractivity contribution in [3.63, 3.8) is 0 Å². The summed E-state index contributed by atoms with van der Waals surface area (Å²) in [5, 5.41) is 11.9. The fourth-order valence-electron chi connectivity index (χ4n) is 0.716. The zero-order valence-electron chi connectivity index (χ0n) is 6.18. The summed E-state index contributed by atoms with van der Waals surface area (Å²) in [5.74, 6) is -1.22. The molecule has 1 N–H and O–H groups in total. The van der Waals surface area contributed by atoms with Gasteiger partial charge in [0.1, 0.15) is 5.15 Å². The average molecular weight is 199 g/mol. The van der Waals surface area contributed by atoms with E-state index in [2.05, 4.69) is 15.0 Å². The Labute approximate surface area is 77.4 Å². The van der Waals surface area contributed by atoms with Crippen LogP contribution in [0.4, 0.5) is 5.69 Å². The van der Waals surface area contributed by atoms with E-state index in [1.165, 1.54) is 6.07 Å². The quantitative estimate of drug-likeness (QED) is 0.342. The molecule has 0 aliphatic carbocycles. The van der Waals surface area contributed by atoms with Crippen molar-refractivity contribution >= 4 is 23.3 Å². The van der Waals surface area contributed by atoms with Gasteiger partial charge in [-0.1, -0.05) is 16.7 Å². The molecule has 13 heavy (non-hydrogen) atoms. The number of hydrogen-bond acceptors (Lipinski definition) is 3. The average Bonchev–Trinajstić information content (AvgIpc) is 2.04. The first-order valence-corrected chi connectivity index (χ1v) is 3.47. The summed E-state index contributed by atoms with van der Waals surface area (Å²) in [7, 11) is 0. The predicted molar refractivity (Wildman–Crippen MR) is 45.0 cm³/mol. The maximum Gasteiger partial charge on any atom is 0.337 e. The Kier molecular flexibility index (Phi) is 2.69. The van der Waals surface area contributed by atoms with Crippen LogP contribution in [0.3, 0.4) is 0 Å². The summed E-state index contributed by atoms with van der Waals surface area (Å²) in [6.07, 6.45) is 1.04. The summed E-state index contributed by atoms with van der Waals surface area (Å²) in [5.41, 5.74) is 7.89. The lowest BCUT2D eigenvalue weighted by atomic mass is 10.2.